The first kappa shape index (κ1) is 16.7. The summed E-state index contributed by atoms with van der Waals surface area (Å²) in [5.74, 6) is -0.106. The molecule has 1 heterocycles. The van der Waals surface area contributed by atoms with E-state index in [4.69, 9.17) is 0 Å². The number of benzene rings is 2. The number of rotatable bonds is 3. The van der Waals surface area contributed by atoms with Gasteiger partial charge in [-0.05, 0) is 61.7 Å². The van der Waals surface area contributed by atoms with Crippen LogP contribution in [0.4, 0.5) is 5.69 Å². The largest absolute Gasteiger partial charge is 0.339 e. The monoisotopic (exact) mass is 386 g/mol. The molecule has 1 aliphatic heterocycles. The summed E-state index contributed by atoms with van der Waals surface area (Å²) in [6.45, 7) is 1.67. The Labute approximate surface area is 150 Å². The van der Waals surface area contributed by atoms with Crippen molar-refractivity contribution in [2.24, 2.45) is 0 Å². The highest BCUT2D eigenvalue weighted by Crippen LogP contribution is 2.17. The first-order chi connectivity index (χ1) is 11.6. The predicted molar refractivity (Wildman–Crippen MR) is 98.3 cm³/mol. The molecule has 0 spiro atoms. The van der Waals surface area contributed by atoms with Crippen LogP contribution < -0.4 is 5.32 Å². The van der Waals surface area contributed by atoms with Gasteiger partial charge in [0.05, 0.1) is 0 Å². The molecule has 0 radical (unpaired) electrons. The molecule has 0 aromatic heterocycles. The van der Waals surface area contributed by atoms with E-state index >= 15 is 0 Å². The predicted octanol–water partition coefficient (Wildman–Crippen LogP) is 4.33. The molecule has 0 aliphatic carbocycles. The molecule has 24 heavy (non-hydrogen) atoms. The highest BCUT2D eigenvalue weighted by atomic mass is 79.9. The molecule has 2 aromatic carbocycles. The van der Waals surface area contributed by atoms with Crippen molar-refractivity contribution in [2.75, 3.05) is 18.4 Å². The first-order valence-electron chi connectivity index (χ1n) is 8.10. The standard InChI is InChI=1S/C19H19BrN2O2/c20-16-6-4-5-15(13-16)18(23)21-17-9-7-14(8-10-17)19(24)22-11-2-1-3-12-22/h4-10,13H,1-3,11-12H2,(H,21,23). The molecule has 1 N–H and O–H groups in total. The number of likely N-dealkylation sites (tertiary alicyclic amines) is 1. The number of nitrogens with one attached hydrogen (secondary N) is 1. The fraction of sp³-hybridized carbons (Fsp3) is 0.263. The van der Waals surface area contributed by atoms with Gasteiger partial charge in [-0.1, -0.05) is 22.0 Å². The number of carbonyl (C=O) groups is 2. The zero-order chi connectivity index (χ0) is 16.9. The molecule has 0 unspecified atom stereocenters. The maximum Gasteiger partial charge on any atom is 0.255 e. The molecule has 1 fully saturated rings. The van der Waals surface area contributed by atoms with E-state index in [1.807, 2.05) is 17.0 Å². The van der Waals surface area contributed by atoms with Crippen LogP contribution >= 0.6 is 15.9 Å². The highest BCUT2D eigenvalue weighted by molar-refractivity contribution is 9.10. The Balaban J connectivity index is 1.66. The number of anilines is 1. The Morgan fingerprint density at radius 3 is 2.29 bits per heavy atom. The van der Waals surface area contributed by atoms with Crippen LogP contribution in [-0.2, 0) is 0 Å². The van der Waals surface area contributed by atoms with Crippen molar-refractivity contribution in [3.05, 3.63) is 64.1 Å². The highest BCUT2D eigenvalue weighted by Gasteiger charge is 2.18. The molecule has 3 rings (SSSR count). The average Bonchev–Trinajstić information content (AvgIpc) is 2.62. The topological polar surface area (TPSA) is 49.4 Å². The molecule has 5 heteroatoms. The lowest BCUT2D eigenvalue weighted by Crippen LogP contribution is -2.35. The third-order valence-electron chi connectivity index (χ3n) is 4.12. The SMILES string of the molecule is O=C(Nc1ccc(C(=O)N2CCCCC2)cc1)c1cccc(Br)c1. The van der Waals surface area contributed by atoms with E-state index in [2.05, 4.69) is 21.2 Å². The average molecular weight is 387 g/mol. The summed E-state index contributed by atoms with van der Waals surface area (Å²) < 4.78 is 0.859. The van der Waals surface area contributed by atoms with Gasteiger partial charge >= 0.3 is 0 Å². The number of nitrogens with zero attached hydrogens (tertiary/aromatic N) is 1. The lowest BCUT2D eigenvalue weighted by molar-refractivity contribution is 0.0724. The van der Waals surface area contributed by atoms with Crippen LogP contribution in [-0.4, -0.2) is 29.8 Å². The van der Waals surface area contributed by atoms with Gasteiger partial charge < -0.3 is 10.2 Å². The molecule has 4 nitrogen and oxygen atoms in total. The molecule has 1 saturated heterocycles. The Hall–Kier alpha value is -2.14. The van der Waals surface area contributed by atoms with E-state index in [9.17, 15) is 9.59 Å². The Bertz CT molecular complexity index is 737. The fourth-order valence-corrected chi connectivity index (χ4v) is 3.21. The van der Waals surface area contributed by atoms with Crippen molar-refractivity contribution in [2.45, 2.75) is 19.3 Å². The number of piperidine rings is 1. The van der Waals surface area contributed by atoms with Crippen LogP contribution in [0.1, 0.15) is 40.0 Å². The number of halogens is 1. The van der Waals surface area contributed by atoms with Gasteiger partial charge in [-0.25, -0.2) is 0 Å². The second-order valence-electron chi connectivity index (χ2n) is 5.89. The van der Waals surface area contributed by atoms with Crippen LogP contribution in [0.25, 0.3) is 0 Å². The maximum absolute atomic E-state index is 12.4. The summed E-state index contributed by atoms with van der Waals surface area (Å²) in [6, 6.07) is 14.3. The van der Waals surface area contributed by atoms with Gasteiger partial charge in [-0.15, -0.1) is 0 Å². The minimum absolute atomic E-state index is 0.0690. The Morgan fingerprint density at radius 1 is 0.917 bits per heavy atom. The first-order valence-corrected chi connectivity index (χ1v) is 8.89. The summed E-state index contributed by atoms with van der Waals surface area (Å²) in [4.78, 5) is 26.6. The summed E-state index contributed by atoms with van der Waals surface area (Å²) in [5, 5.41) is 2.85. The lowest BCUT2D eigenvalue weighted by Gasteiger charge is -2.26. The summed E-state index contributed by atoms with van der Waals surface area (Å²) in [5.41, 5.74) is 1.92. The second-order valence-corrected chi connectivity index (χ2v) is 6.81. The molecule has 0 saturated carbocycles. The van der Waals surface area contributed by atoms with Gasteiger partial charge in [0.1, 0.15) is 0 Å². The Morgan fingerprint density at radius 2 is 1.62 bits per heavy atom. The van der Waals surface area contributed by atoms with Gasteiger partial charge in [0, 0.05) is 34.4 Å². The number of amides is 2. The van der Waals surface area contributed by atoms with E-state index in [0.29, 0.717) is 16.8 Å². The smallest absolute Gasteiger partial charge is 0.255 e. The van der Waals surface area contributed by atoms with Gasteiger partial charge in [0.15, 0.2) is 0 Å². The Kier molecular flexibility index (Phi) is 5.30. The van der Waals surface area contributed by atoms with Gasteiger partial charge in [-0.2, -0.15) is 0 Å². The number of carbonyl (C=O) groups excluding carboxylic acids is 2. The fourth-order valence-electron chi connectivity index (χ4n) is 2.81. The summed E-state index contributed by atoms with van der Waals surface area (Å²) in [6.07, 6.45) is 3.35. The van der Waals surface area contributed by atoms with Crippen LogP contribution in [0.5, 0.6) is 0 Å². The van der Waals surface area contributed by atoms with Crippen LogP contribution in [0, 0.1) is 0 Å². The molecule has 1 aliphatic rings. The van der Waals surface area contributed by atoms with Crippen LogP contribution in [0.2, 0.25) is 0 Å². The van der Waals surface area contributed by atoms with E-state index in [1.165, 1.54) is 6.42 Å². The van der Waals surface area contributed by atoms with E-state index < -0.39 is 0 Å². The summed E-state index contributed by atoms with van der Waals surface area (Å²) >= 11 is 3.36. The maximum atomic E-state index is 12.4. The number of hydrogen-bond acceptors (Lipinski definition) is 2. The van der Waals surface area contributed by atoms with E-state index in [1.54, 1.807) is 36.4 Å². The normalized spacial score (nSPS) is 14.3. The van der Waals surface area contributed by atoms with Crippen molar-refractivity contribution in [1.29, 1.82) is 0 Å². The van der Waals surface area contributed by atoms with Crippen molar-refractivity contribution in [3.63, 3.8) is 0 Å². The molecule has 124 valence electrons. The zero-order valence-corrected chi connectivity index (χ0v) is 14.9. The van der Waals surface area contributed by atoms with Crippen LogP contribution in [0.15, 0.2) is 53.0 Å². The summed E-state index contributed by atoms with van der Waals surface area (Å²) in [7, 11) is 0. The van der Waals surface area contributed by atoms with Gasteiger partial charge in [-0.3, -0.25) is 9.59 Å². The minimum atomic E-state index is -0.175. The minimum Gasteiger partial charge on any atom is -0.339 e. The van der Waals surface area contributed by atoms with Gasteiger partial charge in [0.2, 0.25) is 0 Å². The molecule has 0 bridgehead atoms. The molecular formula is C19H19BrN2O2. The second kappa shape index (κ2) is 7.62. The molecule has 2 amide bonds. The van der Waals surface area contributed by atoms with E-state index in [0.717, 1.165) is 30.4 Å². The van der Waals surface area contributed by atoms with Crippen molar-refractivity contribution >= 4 is 33.4 Å². The third-order valence-corrected chi connectivity index (χ3v) is 4.61. The van der Waals surface area contributed by atoms with Gasteiger partial charge in [0.25, 0.3) is 11.8 Å². The molecule has 0 atom stereocenters. The lowest BCUT2D eigenvalue weighted by atomic mass is 10.1. The van der Waals surface area contributed by atoms with Crippen LogP contribution in [0.3, 0.4) is 0 Å². The van der Waals surface area contributed by atoms with Crippen molar-refractivity contribution in [1.82, 2.24) is 4.90 Å². The number of hydrogen-bond donors (Lipinski definition) is 1. The third kappa shape index (κ3) is 4.03. The van der Waals surface area contributed by atoms with E-state index in [-0.39, 0.29) is 11.8 Å². The van der Waals surface area contributed by atoms with Crippen molar-refractivity contribution < 1.29 is 9.59 Å². The molecule has 2 aromatic rings. The van der Waals surface area contributed by atoms with Crippen molar-refractivity contribution in [3.8, 4) is 0 Å². The molecular weight excluding hydrogens is 368 g/mol. The quantitative estimate of drug-likeness (QED) is 0.853. The zero-order valence-electron chi connectivity index (χ0n) is 13.3.